The summed E-state index contributed by atoms with van der Waals surface area (Å²) in [5, 5.41) is 11.2. The van der Waals surface area contributed by atoms with Gasteiger partial charge in [-0.05, 0) is 60.3 Å². The fourth-order valence-electron chi connectivity index (χ4n) is 9.21. The molecule has 17 heteroatoms. The summed E-state index contributed by atoms with van der Waals surface area (Å²) < 4.78 is 43.3. The minimum atomic E-state index is -4.48. The number of benzene rings is 3. The molecule has 0 saturated carbocycles. The summed E-state index contributed by atoms with van der Waals surface area (Å²) in [7, 11) is -4.48. The van der Waals surface area contributed by atoms with Crippen molar-refractivity contribution in [3.8, 4) is 6.07 Å². The maximum Gasteiger partial charge on any atom is 0.375 e. The molecule has 0 aliphatic carbocycles. The average Bonchev–Trinajstić information content (AvgIpc) is 3.93. The molecular weight excluding hydrogens is 901 g/mol. The van der Waals surface area contributed by atoms with Crippen LogP contribution in [0.4, 0.5) is 4.39 Å². The fourth-order valence-corrected chi connectivity index (χ4v) is 13.5. The molecule has 0 radical (unpaired) electrons. The molecule has 8 atom stereocenters. The first-order valence-electron chi connectivity index (χ1n) is 22.8. The molecule has 66 heavy (non-hydrogen) atoms. The van der Waals surface area contributed by atoms with Gasteiger partial charge in [-0.15, -0.1) is 0 Å². The highest BCUT2D eigenvalue weighted by atomic mass is 32.2. The van der Waals surface area contributed by atoms with Crippen molar-refractivity contribution in [2.75, 3.05) is 50.8 Å². The molecule has 4 aliphatic rings. The van der Waals surface area contributed by atoms with E-state index in [1.807, 2.05) is 37.3 Å². The Labute approximate surface area is 395 Å². The summed E-state index contributed by atoms with van der Waals surface area (Å²) >= 11 is 1.90. The molecule has 4 heterocycles. The van der Waals surface area contributed by atoms with Crippen molar-refractivity contribution in [1.82, 2.24) is 20.0 Å². The molecule has 0 spiro atoms. The van der Waals surface area contributed by atoms with Gasteiger partial charge in [0, 0.05) is 71.6 Å². The van der Waals surface area contributed by atoms with Crippen LogP contribution in [0.1, 0.15) is 95.1 Å². The van der Waals surface area contributed by atoms with Gasteiger partial charge in [0.2, 0.25) is 11.8 Å². The van der Waals surface area contributed by atoms with Crippen molar-refractivity contribution in [1.29, 1.82) is 5.26 Å². The molecule has 7 rings (SSSR count). The van der Waals surface area contributed by atoms with Crippen molar-refractivity contribution >= 4 is 69.8 Å². The minimum absolute atomic E-state index is 0.00637. The first kappa shape index (κ1) is 49.8. The quantitative estimate of drug-likeness (QED) is 0.137. The van der Waals surface area contributed by atoms with Crippen LogP contribution >= 0.6 is 31.1 Å². The molecule has 13 nitrogen and oxygen atoms in total. The molecule has 4 aliphatic heterocycles. The number of carbonyl (C=O) groups excluding carboxylic acids is 5. The van der Waals surface area contributed by atoms with Gasteiger partial charge in [-0.25, -0.2) is 4.39 Å². The zero-order valence-corrected chi connectivity index (χ0v) is 41.3. The zero-order chi connectivity index (χ0) is 47.8. The highest BCUT2D eigenvalue weighted by Crippen LogP contribution is 2.77. The van der Waals surface area contributed by atoms with Gasteiger partial charge in [0.05, 0.1) is 18.6 Å². The molecular formula is C49H61FN5O8PS2. The zero-order valence-electron chi connectivity index (χ0n) is 38.8. The third kappa shape index (κ3) is 10.2. The fraction of sp³-hybridized carbons (Fsp3) is 0.551. The highest BCUT2D eigenvalue weighted by molar-refractivity contribution is 8.14. The number of hydrogen-bond donors (Lipinski definition) is 1. The van der Waals surface area contributed by atoms with Crippen LogP contribution in [0, 0.1) is 28.1 Å². The Bertz CT molecular complexity index is 2440. The number of likely N-dealkylation sites (tertiary alicyclic amines) is 1. The normalized spacial score (nSPS) is 28.3. The SMILES string of the molecule is CCN1CC[C@H]2CC[C@@H](C(=O)N3C[C@H](c4ccccc4)[C@@H](C#N)C3)N2C(=O)C(NC(=O)c2ccc3ccc(C4(F)C(CSC(=O)C(C)(C)C)OP4(=O)OCCSC(=O)C(C)(C)C)cc3c2)C1. The molecule has 3 aromatic rings. The van der Waals surface area contributed by atoms with Crippen molar-refractivity contribution in [2.45, 2.75) is 103 Å². The van der Waals surface area contributed by atoms with Crippen LogP contribution in [0.5, 0.6) is 0 Å². The molecule has 3 amide bonds. The summed E-state index contributed by atoms with van der Waals surface area (Å²) in [4.78, 5) is 74.2. The Balaban J connectivity index is 1.11. The van der Waals surface area contributed by atoms with E-state index in [1.54, 1.807) is 75.6 Å². The Hall–Kier alpha value is -4.10. The van der Waals surface area contributed by atoms with E-state index in [0.717, 1.165) is 29.1 Å². The smallest absolute Gasteiger partial charge is 0.339 e. The van der Waals surface area contributed by atoms with Crippen LogP contribution in [0.15, 0.2) is 66.7 Å². The first-order valence-corrected chi connectivity index (χ1v) is 26.3. The lowest BCUT2D eigenvalue weighted by atomic mass is 9.90. The summed E-state index contributed by atoms with van der Waals surface area (Å²) in [6, 6.07) is 19.8. The van der Waals surface area contributed by atoms with Crippen molar-refractivity contribution in [3.05, 3.63) is 83.4 Å². The molecule has 4 fully saturated rings. The van der Waals surface area contributed by atoms with Crippen LogP contribution in [0.25, 0.3) is 10.8 Å². The lowest BCUT2D eigenvalue weighted by Crippen LogP contribution is -2.60. The predicted octanol–water partition coefficient (Wildman–Crippen LogP) is 8.13. The molecule has 4 saturated heterocycles. The lowest BCUT2D eigenvalue weighted by molar-refractivity contribution is -0.147. The number of thioether (sulfide) groups is 2. The number of likely N-dealkylation sites (N-methyl/N-ethyl adjacent to an activating group) is 1. The second kappa shape index (κ2) is 19.9. The Morgan fingerprint density at radius 1 is 0.924 bits per heavy atom. The number of nitriles is 1. The van der Waals surface area contributed by atoms with E-state index >= 15 is 4.39 Å². The van der Waals surface area contributed by atoms with Crippen LogP contribution in [0.2, 0.25) is 0 Å². The largest absolute Gasteiger partial charge is 0.375 e. The van der Waals surface area contributed by atoms with E-state index in [1.165, 1.54) is 12.1 Å². The van der Waals surface area contributed by atoms with Gasteiger partial charge in [0.25, 0.3) is 11.3 Å². The molecule has 0 bridgehead atoms. The van der Waals surface area contributed by atoms with Crippen LogP contribution in [0.3, 0.4) is 0 Å². The number of hydrogen-bond acceptors (Lipinski definition) is 12. The van der Waals surface area contributed by atoms with Crippen molar-refractivity contribution in [3.63, 3.8) is 0 Å². The summed E-state index contributed by atoms with van der Waals surface area (Å²) in [5.41, 5.74) is -0.125. The monoisotopic (exact) mass is 961 g/mol. The van der Waals surface area contributed by atoms with Gasteiger partial charge < -0.3 is 24.5 Å². The van der Waals surface area contributed by atoms with Gasteiger partial charge in [-0.1, -0.05) is 121 Å². The second-order valence-electron chi connectivity index (χ2n) is 19.8. The third-order valence-electron chi connectivity index (χ3n) is 13.1. The number of rotatable bonds is 12. The number of carbonyl (C=O) groups is 5. The van der Waals surface area contributed by atoms with E-state index in [4.69, 9.17) is 9.05 Å². The van der Waals surface area contributed by atoms with Gasteiger partial charge in [-0.2, -0.15) is 5.26 Å². The first-order chi connectivity index (χ1) is 31.2. The van der Waals surface area contributed by atoms with Gasteiger partial charge in [-0.3, -0.25) is 33.1 Å². The summed E-state index contributed by atoms with van der Waals surface area (Å²) in [6.07, 6.45) is 0.520. The van der Waals surface area contributed by atoms with Gasteiger partial charge >= 0.3 is 7.60 Å². The molecule has 354 valence electrons. The number of halogens is 1. The number of alkyl halides is 1. The lowest BCUT2D eigenvalue weighted by Gasteiger charge is -2.48. The summed E-state index contributed by atoms with van der Waals surface area (Å²) in [6.45, 7) is 14.6. The Morgan fingerprint density at radius 2 is 1.62 bits per heavy atom. The molecule has 4 unspecified atom stereocenters. The Kier molecular flexibility index (Phi) is 15.0. The number of nitrogens with zero attached hydrogens (tertiary/aromatic N) is 4. The van der Waals surface area contributed by atoms with Crippen LogP contribution in [-0.4, -0.2) is 118 Å². The van der Waals surface area contributed by atoms with Crippen LogP contribution < -0.4 is 5.32 Å². The van der Waals surface area contributed by atoms with E-state index < -0.39 is 47.9 Å². The number of fused-ring (bicyclic) bond motifs is 2. The highest BCUT2D eigenvalue weighted by Gasteiger charge is 2.70. The van der Waals surface area contributed by atoms with Gasteiger partial charge in [0.1, 0.15) is 18.2 Å². The minimum Gasteiger partial charge on any atom is -0.339 e. The number of amides is 3. The van der Waals surface area contributed by atoms with E-state index in [9.17, 15) is 33.8 Å². The van der Waals surface area contributed by atoms with Gasteiger partial charge in [0.15, 0.2) is 10.2 Å². The van der Waals surface area contributed by atoms with Crippen molar-refractivity contribution in [2.24, 2.45) is 16.7 Å². The third-order valence-corrected chi connectivity index (χ3v) is 18.1. The molecule has 1 N–H and O–H groups in total. The topological polar surface area (TPSA) is 166 Å². The van der Waals surface area contributed by atoms with Crippen LogP contribution in [-0.2, 0) is 38.2 Å². The van der Waals surface area contributed by atoms with E-state index in [0.29, 0.717) is 49.7 Å². The molecule has 3 aromatic carbocycles. The maximum atomic E-state index is 17.7. The van der Waals surface area contributed by atoms with E-state index in [2.05, 4.69) is 16.3 Å². The van der Waals surface area contributed by atoms with Crippen molar-refractivity contribution < 1.29 is 42.0 Å². The summed E-state index contributed by atoms with van der Waals surface area (Å²) in [5.74, 6) is -1.56. The second-order valence-corrected chi connectivity index (χ2v) is 24.0. The number of nitrogens with one attached hydrogen (secondary N) is 1. The molecule has 0 aromatic heterocycles. The average molecular weight is 962 g/mol. The Morgan fingerprint density at radius 3 is 2.30 bits per heavy atom. The predicted molar refractivity (Wildman–Crippen MR) is 256 cm³/mol. The van der Waals surface area contributed by atoms with E-state index in [-0.39, 0.29) is 82.3 Å². The standard InChI is InChI=1S/C49H61FN5O8PS2/c1-8-53-21-20-37-18-19-40(44(58)54-27-35(26-51)38(28-54)32-12-10-9-11-13-32)55(37)43(57)39(29-53)52-42(56)33-15-14-31-16-17-36(25-34(31)24-33)49(50)41(30-66-46(60)48(5,6)7)63-64(49,61)62-22-23-65-45(59)47(2,3)4/h9-17,24-25,35,37-41H,8,18-23,27-30H2,1-7H3,(H,52,56)/t35-,37+,38+,39?,40-,41?,49?,64?/m0/s1. The maximum absolute atomic E-state index is 17.7.